The number of halogens is 3. The number of alkyl halides is 3. The molecule has 0 aliphatic carbocycles. The molecular weight excluding hydrogens is 489 g/mol. The number of ether oxygens (including phenoxy) is 1. The molecule has 0 aliphatic heterocycles. The number of fused-ring (bicyclic) bond motifs is 3. The molecule has 0 atom stereocenters. The Hall–Kier alpha value is -4.72. The summed E-state index contributed by atoms with van der Waals surface area (Å²) in [5, 5.41) is 1.18. The molecule has 3 aromatic carbocycles. The third-order valence-corrected chi connectivity index (χ3v) is 6.37. The first kappa shape index (κ1) is 23.7. The Morgan fingerprint density at radius 3 is 2.37 bits per heavy atom. The van der Waals surface area contributed by atoms with Gasteiger partial charge in [0.25, 0.3) is 0 Å². The number of aryl methyl sites for hydroxylation is 2. The summed E-state index contributed by atoms with van der Waals surface area (Å²) in [5.74, 6) is 1.28. The molecule has 0 bridgehead atoms. The Morgan fingerprint density at radius 2 is 1.61 bits per heavy atom. The van der Waals surface area contributed by atoms with Crippen molar-refractivity contribution in [2.75, 3.05) is 0 Å². The zero-order valence-electron chi connectivity index (χ0n) is 20.5. The average Bonchev–Trinajstić information content (AvgIpc) is 3.22. The highest BCUT2D eigenvalue weighted by Gasteiger charge is 2.35. The van der Waals surface area contributed by atoms with E-state index in [0.29, 0.717) is 39.3 Å². The van der Waals surface area contributed by atoms with Crippen LogP contribution in [0, 0.1) is 13.8 Å². The monoisotopic (exact) mass is 510 g/mol. The van der Waals surface area contributed by atoms with Gasteiger partial charge in [-0.3, -0.25) is 9.55 Å². The molecule has 6 rings (SSSR count). The Kier molecular flexibility index (Phi) is 5.60. The van der Waals surface area contributed by atoms with E-state index in [-0.39, 0.29) is 5.56 Å². The van der Waals surface area contributed by atoms with Gasteiger partial charge in [0.15, 0.2) is 5.82 Å². The lowest BCUT2D eigenvalue weighted by atomic mass is 9.96. The molecule has 0 fully saturated rings. The van der Waals surface area contributed by atoms with E-state index in [1.165, 1.54) is 6.07 Å². The zero-order chi connectivity index (χ0) is 26.4. The fourth-order valence-electron chi connectivity index (χ4n) is 4.65. The van der Waals surface area contributed by atoms with Crippen molar-refractivity contribution in [1.82, 2.24) is 19.5 Å². The van der Waals surface area contributed by atoms with Crippen LogP contribution in [0.2, 0.25) is 0 Å². The van der Waals surface area contributed by atoms with E-state index in [1.54, 1.807) is 55.0 Å². The van der Waals surface area contributed by atoms with Crippen molar-refractivity contribution in [3.8, 4) is 28.6 Å². The molecule has 0 amide bonds. The second-order valence-corrected chi connectivity index (χ2v) is 9.08. The van der Waals surface area contributed by atoms with Crippen molar-refractivity contribution < 1.29 is 17.9 Å². The third-order valence-electron chi connectivity index (χ3n) is 6.37. The Morgan fingerprint density at radius 1 is 0.763 bits per heavy atom. The topological polar surface area (TPSA) is 52.8 Å². The van der Waals surface area contributed by atoms with Gasteiger partial charge in [-0.2, -0.15) is 13.2 Å². The van der Waals surface area contributed by atoms with E-state index in [1.807, 2.05) is 48.7 Å². The lowest BCUT2D eigenvalue weighted by molar-refractivity contribution is -0.137. The van der Waals surface area contributed by atoms with Crippen LogP contribution in [0.5, 0.6) is 11.6 Å². The number of hydrogen-bond acceptors (Lipinski definition) is 4. The van der Waals surface area contributed by atoms with Crippen LogP contribution in [0.3, 0.4) is 0 Å². The van der Waals surface area contributed by atoms with Gasteiger partial charge in [0, 0.05) is 23.0 Å². The lowest BCUT2D eigenvalue weighted by Crippen LogP contribution is -2.08. The Labute approximate surface area is 216 Å². The highest BCUT2D eigenvalue weighted by molar-refractivity contribution is 6.10. The normalized spacial score (nSPS) is 11.8. The molecule has 0 N–H and O–H groups in total. The van der Waals surface area contributed by atoms with Gasteiger partial charge in [0.1, 0.15) is 5.75 Å². The molecule has 8 heteroatoms. The van der Waals surface area contributed by atoms with Gasteiger partial charge < -0.3 is 4.74 Å². The van der Waals surface area contributed by atoms with Crippen molar-refractivity contribution >= 4 is 21.8 Å². The van der Waals surface area contributed by atoms with Crippen molar-refractivity contribution in [3.63, 3.8) is 0 Å². The maximum atomic E-state index is 14.5. The molecule has 0 radical (unpaired) electrons. The van der Waals surface area contributed by atoms with Crippen LogP contribution in [-0.4, -0.2) is 19.5 Å². The van der Waals surface area contributed by atoms with Crippen LogP contribution in [0.15, 0.2) is 91.4 Å². The quantitative estimate of drug-likeness (QED) is 0.241. The predicted octanol–water partition coefficient (Wildman–Crippen LogP) is 8.06. The first-order chi connectivity index (χ1) is 18.3. The molecule has 0 spiro atoms. The maximum absolute atomic E-state index is 14.5. The smallest absolute Gasteiger partial charge is 0.417 e. The molecule has 0 aliphatic rings. The van der Waals surface area contributed by atoms with Crippen molar-refractivity contribution in [2.24, 2.45) is 0 Å². The summed E-state index contributed by atoms with van der Waals surface area (Å²) in [6.07, 6.45) is 0.311. The first-order valence-electron chi connectivity index (χ1n) is 11.9. The SMILES string of the molecule is Cc1ccnc(Oc2cccc(-c3cc4c(cc3C(F)(F)F)c3ccccc3n4-c3cnc(C)cn3)c2)c1. The molecule has 3 aromatic heterocycles. The number of pyridine rings is 1. The Balaban J connectivity index is 1.59. The van der Waals surface area contributed by atoms with Gasteiger partial charge in [-0.25, -0.2) is 9.97 Å². The third kappa shape index (κ3) is 4.24. The number of para-hydroxylation sites is 1. The van der Waals surface area contributed by atoms with Crippen molar-refractivity contribution in [3.05, 3.63) is 108 Å². The second-order valence-electron chi connectivity index (χ2n) is 9.08. The number of hydrogen-bond donors (Lipinski definition) is 0. The predicted molar refractivity (Wildman–Crippen MR) is 141 cm³/mol. The van der Waals surface area contributed by atoms with Gasteiger partial charge in [0.2, 0.25) is 5.88 Å². The highest BCUT2D eigenvalue weighted by Crippen LogP contribution is 2.43. The molecular formula is C30H21F3N4O. The van der Waals surface area contributed by atoms with Crippen LogP contribution < -0.4 is 4.74 Å². The van der Waals surface area contributed by atoms with E-state index in [2.05, 4.69) is 15.0 Å². The van der Waals surface area contributed by atoms with Gasteiger partial charge in [0.05, 0.1) is 34.7 Å². The van der Waals surface area contributed by atoms with E-state index < -0.39 is 11.7 Å². The summed E-state index contributed by atoms with van der Waals surface area (Å²) in [5.41, 5.74) is 2.73. The van der Waals surface area contributed by atoms with E-state index in [4.69, 9.17) is 4.74 Å². The molecule has 38 heavy (non-hydrogen) atoms. The summed E-state index contributed by atoms with van der Waals surface area (Å²) in [6.45, 7) is 3.74. The number of rotatable bonds is 4. The largest absolute Gasteiger partial charge is 0.439 e. The minimum Gasteiger partial charge on any atom is -0.439 e. The summed E-state index contributed by atoms with van der Waals surface area (Å²) in [6, 6.07) is 20.4. The van der Waals surface area contributed by atoms with Gasteiger partial charge in [-0.15, -0.1) is 0 Å². The molecule has 188 valence electrons. The van der Waals surface area contributed by atoms with Crippen LogP contribution in [-0.2, 0) is 6.18 Å². The van der Waals surface area contributed by atoms with Crippen LogP contribution >= 0.6 is 0 Å². The first-order valence-corrected chi connectivity index (χ1v) is 11.9. The summed E-state index contributed by atoms with van der Waals surface area (Å²) < 4.78 is 51.1. The zero-order valence-corrected chi connectivity index (χ0v) is 20.5. The highest BCUT2D eigenvalue weighted by atomic mass is 19.4. The molecule has 3 heterocycles. The minimum atomic E-state index is -4.58. The van der Waals surface area contributed by atoms with Gasteiger partial charge >= 0.3 is 6.18 Å². The summed E-state index contributed by atoms with van der Waals surface area (Å²) >= 11 is 0. The lowest BCUT2D eigenvalue weighted by Gasteiger charge is -2.16. The van der Waals surface area contributed by atoms with Crippen LogP contribution in [0.4, 0.5) is 13.2 Å². The maximum Gasteiger partial charge on any atom is 0.417 e. The van der Waals surface area contributed by atoms with Gasteiger partial charge in [-0.1, -0.05) is 30.3 Å². The molecule has 5 nitrogen and oxygen atoms in total. The number of nitrogens with zero attached hydrogens (tertiary/aromatic N) is 4. The van der Waals surface area contributed by atoms with E-state index >= 15 is 0 Å². The van der Waals surface area contributed by atoms with E-state index in [9.17, 15) is 13.2 Å². The second kappa shape index (κ2) is 8.99. The fraction of sp³-hybridized carbons (Fsp3) is 0.100. The fourth-order valence-corrected chi connectivity index (χ4v) is 4.65. The van der Waals surface area contributed by atoms with Gasteiger partial charge in [-0.05, 0) is 66.9 Å². The Bertz CT molecular complexity index is 1810. The standard InChI is InChI=1S/C30H21F3N4O/c1-18-10-11-34-29(12-18)38-21-7-5-6-20(13-21)23-15-27-24(14-25(23)30(31,32)33)22-8-3-4-9-26(22)37(27)28-17-35-19(2)16-36-28/h3-17H,1-2H3. The minimum absolute atomic E-state index is 0.0387. The molecule has 0 saturated heterocycles. The summed E-state index contributed by atoms with van der Waals surface area (Å²) in [7, 11) is 0. The summed E-state index contributed by atoms with van der Waals surface area (Å²) in [4.78, 5) is 13.1. The van der Waals surface area contributed by atoms with Crippen LogP contribution in [0.1, 0.15) is 16.8 Å². The van der Waals surface area contributed by atoms with Crippen molar-refractivity contribution in [1.29, 1.82) is 0 Å². The molecule has 6 aromatic rings. The van der Waals surface area contributed by atoms with Crippen LogP contribution in [0.25, 0.3) is 38.8 Å². The average molecular weight is 511 g/mol. The number of benzene rings is 3. The molecule has 0 saturated carbocycles. The number of aromatic nitrogens is 4. The van der Waals surface area contributed by atoms with Crippen molar-refractivity contribution in [2.45, 2.75) is 20.0 Å². The van der Waals surface area contributed by atoms with E-state index in [0.717, 1.165) is 16.8 Å². The molecule has 0 unspecified atom stereocenters.